The lowest BCUT2D eigenvalue weighted by Crippen LogP contribution is -2.47. The highest BCUT2D eigenvalue weighted by Gasteiger charge is 2.31. The fourth-order valence-electron chi connectivity index (χ4n) is 2.29. The summed E-state index contributed by atoms with van der Waals surface area (Å²) in [5, 5.41) is 0. The second-order valence-electron chi connectivity index (χ2n) is 4.87. The van der Waals surface area contributed by atoms with Gasteiger partial charge in [0.1, 0.15) is 0 Å². The van der Waals surface area contributed by atoms with Crippen LogP contribution in [-0.2, 0) is 9.53 Å². The van der Waals surface area contributed by atoms with E-state index < -0.39 is 0 Å². The monoisotopic (exact) mass is 238 g/mol. The average molecular weight is 238 g/mol. The van der Waals surface area contributed by atoms with E-state index in [9.17, 15) is 4.79 Å². The van der Waals surface area contributed by atoms with Gasteiger partial charge in [0.2, 0.25) is 0 Å². The van der Waals surface area contributed by atoms with Gasteiger partial charge < -0.3 is 4.74 Å². The van der Waals surface area contributed by atoms with Gasteiger partial charge in [0.25, 0.3) is 0 Å². The lowest BCUT2D eigenvalue weighted by Gasteiger charge is -2.34. The van der Waals surface area contributed by atoms with Crippen molar-refractivity contribution in [1.29, 1.82) is 0 Å². The van der Waals surface area contributed by atoms with Crippen LogP contribution in [0.1, 0.15) is 19.8 Å². The van der Waals surface area contributed by atoms with Crippen LogP contribution in [0.4, 0.5) is 0 Å². The summed E-state index contributed by atoms with van der Waals surface area (Å²) < 4.78 is 4.94. The smallest absolute Gasteiger partial charge is 0.334 e. The second kappa shape index (κ2) is 5.65. The number of nitrogens with zero attached hydrogens (tertiary/aromatic N) is 2. The van der Waals surface area contributed by atoms with Crippen LogP contribution in [0.3, 0.4) is 0 Å². The third kappa shape index (κ3) is 3.54. The standard InChI is InChI=1S/C13H22N2O2/c1-3-17-13(16)11(2)10-14-6-8-15(9-7-14)12-4-5-12/h12H,2-10H2,1H3. The van der Waals surface area contributed by atoms with Crippen LogP contribution in [0.15, 0.2) is 12.2 Å². The van der Waals surface area contributed by atoms with E-state index in [0.29, 0.717) is 18.7 Å². The molecule has 2 rings (SSSR count). The Morgan fingerprint density at radius 3 is 2.47 bits per heavy atom. The van der Waals surface area contributed by atoms with E-state index in [1.54, 1.807) is 0 Å². The number of piperazine rings is 1. The minimum atomic E-state index is -0.253. The molecule has 1 aliphatic carbocycles. The molecular formula is C13H22N2O2. The van der Waals surface area contributed by atoms with E-state index in [4.69, 9.17) is 4.74 Å². The highest BCUT2D eigenvalue weighted by molar-refractivity contribution is 5.88. The zero-order valence-corrected chi connectivity index (χ0v) is 10.7. The molecular weight excluding hydrogens is 216 g/mol. The molecule has 0 N–H and O–H groups in total. The van der Waals surface area contributed by atoms with Gasteiger partial charge in [-0.25, -0.2) is 4.79 Å². The van der Waals surface area contributed by atoms with Crippen LogP contribution >= 0.6 is 0 Å². The first-order valence-corrected chi connectivity index (χ1v) is 6.52. The van der Waals surface area contributed by atoms with E-state index in [2.05, 4.69) is 16.4 Å². The molecule has 0 amide bonds. The van der Waals surface area contributed by atoms with Crippen molar-refractivity contribution in [3.63, 3.8) is 0 Å². The molecule has 0 spiro atoms. The molecule has 1 heterocycles. The fourth-order valence-corrected chi connectivity index (χ4v) is 2.29. The van der Waals surface area contributed by atoms with Gasteiger partial charge in [-0.3, -0.25) is 9.80 Å². The Kier molecular flexibility index (Phi) is 4.18. The predicted octanol–water partition coefficient (Wildman–Crippen LogP) is 0.886. The fraction of sp³-hybridized carbons (Fsp3) is 0.769. The van der Waals surface area contributed by atoms with Crippen molar-refractivity contribution in [3.8, 4) is 0 Å². The molecule has 0 aromatic carbocycles. The van der Waals surface area contributed by atoms with E-state index in [0.717, 1.165) is 32.2 Å². The van der Waals surface area contributed by atoms with Gasteiger partial charge in [-0.15, -0.1) is 0 Å². The summed E-state index contributed by atoms with van der Waals surface area (Å²) in [6, 6.07) is 0.852. The van der Waals surface area contributed by atoms with Crippen LogP contribution in [-0.4, -0.2) is 61.1 Å². The van der Waals surface area contributed by atoms with Crippen molar-refractivity contribution in [2.24, 2.45) is 0 Å². The van der Waals surface area contributed by atoms with Gasteiger partial charge in [0.05, 0.1) is 6.61 Å². The number of rotatable bonds is 5. The zero-order chi connectivity index (χ0) is 12.3. The summed E-state index contributed by atoms with van der Waals surface area (Å²) in [5.41, 5.74) is 0.576. The zero-order valence-electron chi connectivity index (χ0n) is 10.7. The maximum absolute atomic E-state index is 11.4. The van der Waals surface area contributed by atoms with E-state index in [1.807, 2.05) is 6.92 Å². The van der Waals surface area contributed by atoms with E-state index in [1.165, 1.54) is 12.8 Å². The highest BCUT2D eigenvalue weighted by Crippen LogP contribution is 2.27. The third-order valence-corrected chi connectivity index (χ3v) is 3.45. The SMILES string of the molecule is C=C(CN1CCN(C2CC2)CC1)C(=O)OCC. The molecule has 4 heteroatoms. The van der Waals surface area contributed by atoms with Crippen molar-refractivity contribution in [2.75, 3.05) is 39.3 Å². The number of hydrogen-bond acceptors (Lipinski definition) is 4. The molecule has 2 aliphatic rings. The Balaban J connectivity index is 1.69. The number of esters is 1. The maximum Gasteiger partial charge on any atom is 0.334 e. The number of carbonyl (C=O) groups is 1. The summed E-state index contributed by atoms with van der Waals surface area (Å²) in [4.78, 5) is 16.3. The van der Waals surface area contributed by atoms with Crippen molar-refractivity contribution in [3.05, 3.63) is 12.2 Å². The minimum Gasteiger partial charge on any atom is -0.463 e. The van der Waals surface area contributed by atoms with Gasteiger partial charge in [-0.1, -0.05) is 6.58 Å². The number of carbonyl (C=O) groups excluding carboxylic acids is 1. The summed E-state index contributed by atoms with van der Waals surface area (Å²) >= 11 is 0. The molecule has 1 saturated carbocycles. The largest absolute Gasteiger partial charge is 0.463 e. The molecule has 96 valence electrons. The molecule has 17 heavy (non-hydrogen) atoms. The Morgan fingerprint density at radius 1 is 1.29 bits per heavy atom. The van der Waals surface area contributed by atoms with Gasteiger partial charge in [-0.05, 0) is 19.8 Å². The molecule has 0 atom stereocenters. The van der Waals surface area contributed by atoms with Gasteiger partial charge in [0, 0.05) is 44.3 Å². The molecule has 0 aromatic rings. The molecule has 1 aliphatic heterocycles. The molecule has 2 fully saturated rings. The Bertz CT molecular complexity index is 292. The van der Waals surface area contributed by atoms with Gasteiger partial charge in [0.15, 0.2) is 0 Å². The number of ether oxygens (including phenoxy) is 1. The highest BCUT2D eigenvalue weighted by atomic mass is 16.5. The first-order valence-electron chi connectivity index (χ1n) is 6.52. The van der Waals surface area contributed by atoms with Crippen molar-refractivity contribution in [2.45, 2.75) is 25.8 Å². The molecule has 1 saturated heterocycles. The first kappa shape index (κ1) is 12.6. The second-order valence-corrected chi connectivity index (χ2v) is 4.87. The molecule has 0 aromatic heterocycles. The molecule has 0 unspecified atom stereocenters. The summed E-state index contributed by atoms with van der Waals surface area (Å²) in [6.07, 6.45) is 2.74. The van der Waals surface area contributed by atoms with Gasteiger partial charge >= 0.3 is 5.97 Å². The molecule has 4 nitrogen and oxygen atoms in total. The number of hydrogen-bond donors (Lipinski definition) is 0. The Labute approximate surface area is 103 Å². The van der Waals surface area contributed by atoms with E-state index >= 15 is 0 Å². The van der Waals surface area contributed by atoms with Crippen LogP contribution in [0, 0.1) is 0 Å². The molecule has 0 bridgehead atoms. The van der Waals surface area contributed by atoms with Gasteiger partial charge in [-0.2, -0.15) is 0 Å². The average Bonchev–Trinajstić information content (AvgIpc) is 3.14. The predicted molar refractivity (Wildman–Crippen MR) is 66.8 cm³/mol. The first-order chi connectivity index (χ1) is 8.20. The summed E-state index contributed by atoms with van der Waals surface area (Å²) in [7, 11) is 0. The van der Waals surface area contributed by atoms with Crippen LogP contribution in [0.5, 0.6) is 0 Å². The lowest BCUT2D eigenvalue weighted by atomic mass is 10.2. The summed E-state index contributed by atoms with van der Waals surface area (Å²) in [5.74, 6) is -0.253. The quantitative estimate of drug-likeness (QED) is 0.526. The van der Waals surface area contributed by atoms with Crippen LogP contribution in [0.2, 0.25) is 0 Å². The normalized spacial score (nSPS) is 22.4. The van der Waals surface area contributed by atoms with Crippen molar-refractivity contribution < 1.29 is 9.53 Å². The topological polar surface area (TPSA) is 32.8 Å². The minimum absolute atomic E-state index is 0.253. The lowest BCUT2D eigenvalue weighted by molar-refractivity contribution is -0.138. The van der Waals surface area contributed by atoms with E-state index in [-0.39, 0.29) is 5.97 Å². The third-order valence-electron chi connectivity index (χ3n) is 3.45. The summed E-state index contributed by atoms with van der Waals surface area (Å²) in [6.45, 7) is 11.0. The maximum atomic E-state index is 11.4. The van der Waals surface area contributed by atoms with Crippen molar-refractivity contribution >= 4 is 5.97 Å². The Morgan fingerprint density at radius 2 is 1.94 bits per heavy atom. The van der Waals surface area contributed by atoms with Crippen LogP contribution in [0.25, 0.3) is 0 Å². The molecule has 0 radical (unpaired) electrons. The van der Waals surface area contributed by atoms with Crippen molar-refractivity contribution in [1.82, 2.24) is 9.80 Å². The Hall–Kier alpha value is -0.870. The van der Waals surface area contributed by atoms with Crippen LogP contribution < -0.4 is 0 Å².